The predicted molar refractivity (Wildman–Crippen MR) is 56.5 cm³/mol. The van der Waals surface area contributed by atoms with E-state index in [1.807, 2.05) is 19.3 Å². The molecule has 1 aliphatic heterocycles. The van der Waals surface area contributed by atoms with Crippen molar-refractivity contribution in [2.45, 2.75) is 5.92 Å². The number of hydrogen-bond acceptors (Lipinski definition) is 3. The molecule has 0 aromatic carbocycles. The Kier molecular flexibility index (Phi) is 2.77. The van der Waals surface area contributed by atoms with Crippen LogP contribution >= 0.6 is 0 Å². The maximum absolute atomic E-state index is 11.6. The van der Waals surface area contributed by atoms with E-state index < -0.39 is 0 Å². The predicted octanol–water partition coefficient (Wildman–Crippen LogP) is 0.501. The van der Waals surface area contributed by atoms with Crippen LogP contribution in [0.3, 0.4) is 0 Å². The van der Waals surface area contributed by atoms with Crippen molar-refractivity contribution in [2.75, 3.05) is 20.2 Å². The molecule has 1 N–H and O–H groups in total. The Bertz CT molecular complexity index is 359. The van der Waals surface area contributed by atoms with Gasteiger partial charge in [0.2, 0.25) is 0 Å². The molecule has 15 heavy (non-hydrogen) atoms. The smallest absolute Gasteiger partial charge is 0.310 e. The highest BCUT2D eigenvalue weighted by Gasteiger charge is 2.35. The standard InChI is InChI=1S/C11H16N2O2/c1-13-5-3-4-10(13)8-6-12-7-9(8)11(14)15-2/h3-5,8-9,12H,6-7H2,1-2H3. The number of hydrogen-bond donors (Lipinski definition) is 1. The Hall–Kier alpha value is -1.29. The van der Waals surface area contributed by atoms with Crippen LogP contribution in [0.1, 0.15) is 11.6 Å². The second kappa shape index (κ2) is 4.06. The average molecular weight is 208 g/mol. The van der Waals surface area contributed by atoms with Gasteiger partial charge in [0.25, 0.3) is 0 Å². The van der Waals surface area contributed by atoms with Gasteiger partial charge in [0.1, 0.15) is 0 Å². The van der Waals surface area contributed by atoms with Crippen molar-refractivity contribution >= 4 is 5.97 Å². The molecule has 2 unspecified atom stereocenters. The van der Waals surface area contributed by atoms with Crippen molar-refractivity contribution in [1.82, 2.24) is 9.88 Å². The Labute approximate surface area is 89.2 Å². The van der Waals surface area contributed by atoms with Gasteiger partial charge >= 0.3 is 5.97 Å². The van der Waals surface area contributed by atoms with Crippen LogP contribution in [0.5, 0.6) is 0 Å². The first-order valence-electron chi connectivity index (χ1n) is 5.14. The molecule has 0 aliphatic carbocycles. The van der Waals surface area contributed by atoms with Crippen LogP contribution in [-0.4, -0.2) is 30.7 Å². The van der Waals surface area contributed by atoms with E-state index in [-0.39, 0.29) is 17.8 Å². The topological polar surface area (TPSA) is 43.3 Å². The summed E-state index contributed by atoms with van der Waals surface area (Å²) >= 11 is 0. The number of carbonyl (C=O) groups is 1. The maximum atomic E-state index is 11.6. The first kappa shape index (κ1) is 10.2. The summed E-state index contributed by atoms with van der Waals surface area (Å²) in [6.07, 6.45) is 2.00. The number of nitrogens with one attached hydrogen (secondary N) is 1. The van der Waals surface area contributed by atoms with Crippen LogP contribution in [-0.2, 0) is 16.6 Å². The lowest BCUT2D eigenvalue weighted by molar-refractivity contribution is -0.145. The van der Waals surface area contributed by atoms with E-state index in [1.165, 1.54) is 12.8 Å². The van der Waals surface area contributed by atoms with Gasteiger partial charge in [0.15, 0.2) is 0 Å². The van der Waals surface area contributed by atoms with Crippen LogP contribution in [0.2, 0.25) is 0 Å². The van der Waals surface area contributed by atoms with Gasteiger partial charge in [-0.15, -0.1) is 0 Å². The molecule has 0 amide bonds. The fourth-order valence-corrected chi connectivity index (χ4v) is 2.25. The number of ether oxygens (including phenoxy) is 1. The lowest BCUT2D eigenvalue weighted by Crippen LogP contribution is -2.23. The minimum absolute atomic E-state index is 0.0522. The lowest BCUT2D eigenvalue weighted by atomic mass is 9.93. The zero-order valence-electron chi connectivity index (χ0n) is 9.06. The van der Waals surface area contributed by atoms with Crippen molar-refractivity contribution in [3.63, 3.8) is 0 Å². The van der Waals surface area contributed by atoms with E-state index in [0.717, 1.165) is 6.54 Å². The molecule has 4 heteroatoms. The van der Waals surface area contributed by atoms with Gasteiger partial charge in [0.05, 0.1) is 13.0 Å². The van der Waals surface area contributed by atoms with Gasteiger partial charge in [0, 0.05) is 37.9 Å². The summed E-state index contributed by atoms with van der Waals surface area (Å²) < 4.78 is 6.88. The van der Waals surface area contributed by atoms with Crippen LogP contribution < -0.4 is 5.32 Å². The van der Waals surface area contributed by atoms with Crippen LogP contribution in [0.25, 0.3) is 0 Å². The van der Waals surface area contributed by atoms with Gasteiger partial charge in [-0.3, -0.25) is 4.79 Å². The van der Waals surface area contributed by atoms with Crippen LogP contribution in [0.4, 0.5) is 0 Å². The molecule has 1 fully saturated rings. The second-order valence-electron chi connectivity index (χ2n) is 3.94. The van der Waals surface area contributed by atoms with Gasteiger partial charge in [-0.1, -0.05) is 0 Å². The van der Waals surface area contributed by atoms with Gasteiger partial charge in [-0.05, 0) is 12.1 Å². The number of aromatic nitrogens is 1. The molecule has 1 saturated heterocycles. The highest BCUT2D eigenvalue weighted by atomic mass is 16.5. The summed E-state index contributed by atoms with van der Waals surface area (Å²) in [5.41, 5.74) is 1.19. The quantitative estimate of drug-likeness (QED) is 0.720. The summed E-state index contributed by atoms with van der Waals surface area (Å²) in [6, 6.07) is 4.07. The van der Waals surface area contributed by atoms with Crippen LogP contribution in [0, 0.1) is 5.92 Å². The molecule has 0 spiro atoms. The molecule has 4 nitrogen and oxygen atoms in total. The SMILES string of the molecule is COC(=O)C1CNCC1c1cccn1C. The second-order valence-corrected chi connectivity index (χ2v) is 3.94. The molecule has 0 bridgehead atoms. The molecule has 82 valence electrons. The Morgan fingerprint density at radius 1 is 1.60 bits per heavy atom. The molecule has 1 aromatic heterocycles. The summed E-state index contributed by atoms with van der Waals surface area (Å²) in [4.78, 5) is 11.6. The number of nitrogens with zero attached hydrogens (tertiary/aromatic N) is 1. The first-order chi connectivity index (χ1) is 7.24. The van der Waals surface area contributed by atoms with E-state index >= 15 is 0 Å². The molecule has 0 radical (unpaired) electrons. The van der Waals surface area contributed by atoms with Crippen LogP contribution in [0.15, 0.2) is 18.3 Å². The largest absolute Gasteiger partial charge is 0.469 e. The maximum Gasteiger partial charge on any atom is 0.310 e. The summed E-state index contributed by atoms with van der Waals surface area (Å²) in [7, 11) is 3.45. The zero-order chi connectivity index (χ0) is 10.8. The van der Waals surface area contributed by atoms with Gasteiger partial charge in [-0.2, -0.15) is 0 Å². The monoisotopic (exact) mass is 208 g/mol. The average Bonchev–Trinajstić information content (AvgIpc) is 2.84. The molecule has 2 rings (SSSR count). The Morgan fingerprint density at radius 3 is 3.00 bits per heavy atom. The fourth-order valence-electron chi connectivity index (χ4n) is 2.25. The third kappa shape index (κ3) is 1.77. The van der Waals surface area contributed by atoms with E-state index in [2.05, 4.69) is 16.0 Å². The van der Waals surface area contributed by atoms with E-state index in [0.29, 0.717) is 6.54 Å². The van der Waals surface area contributed by atoms with Gasteiger partial charge < -0.3 is 14.6 Å². The minimum Gasteiger partial charge on any atom is -0.469 e. The Balaban J connectivity index is 2.22. The molecule has 2 heterocycles. The molecule has 1 aliphatic rings. The third-order valence-corrected chi connectivity index (χ3v) is 3.08. The van der Waals surface area contributed by atoms with Crippen molar-refractivity contribution in [1.29, 1.82) is 0 Å². The number of carbonyl (C=O) groups excluding carboxylic acids is 1. The molecular formula is C11H16N2O2. The summed E-state index contributed by atoms with van der Waals surface area (Å²) in [6.45, 7) is 1.56. The normalized spacial score (nSPS) is 25.5. The van der Waals surface area contributed by atoms with Crippen molar-refractivity contribution in [3.05, 3.63) is 24.0 Å². The van der Waals surface area contributed by atoms with Crippen molar-refractivity contribution in [2.24, 2.45) is 13.0 Å². The Morgan fingerprint density at radius 2 is 2.40 bits per heavy atom. The summed E-state index contributed by atoms with van der Waals surface area (Å²) in [5.74, 6) is 0.0623. The molecular weight excluding hydrogens is 192 g/mol. The minimum atomic E-state index is -0.119. The zero-order valence-corrected chi connectivity index (χ0v) is 9.06. The molecule has 1 aromatic rings. The van der Waals surface area contributed by atoms with E-state index in [9.17, 15) is 4.79 Å². The number of rotatable bonds is 2. The first-order valence-corrected chi connectivity index (χ1v) is 5.14. The molecule has 2 atom stereocenters. The number of aryl methyl sites for hydroxylation is 1. The number of esters is 1. The third-order valence-electron chi connectivity index (χ3n) is 3.08. The highest BCUT2D eigenvalue weighted by molar-refractivity contribution is 5.74. The van der Waals surface area contributed by atoms with Gasteiger partial charge in [-0.25, -0.2) is 0 Å². The number of methoxy groups -OCH3 is 1. The van der Waals surface area contributed by atoms with E-state index in [4.69, 9.17) is 4.74 Å². The highest BCUT2D eigenvalue weighted by Crippen LogP contribution is 2.28. The van der Waals surface area contributed by atoms with E-state index in [1.54, 1.807) is 0 Å². The lowest BCUT2D eigenvalue weighted by Gasteiger charge is -2.17. The summed E-state index contributed by atoms with van der Waals surface area (Å²) in [5, 5.41) is 3.24. The van der Waals surface area contributed by atoms with Crippen molar-refractivity contribution < 1.29 is 9.53 Å². The fraction of sp³-hybridized carbons (Fsp3) is 0.545. The van der Waals surface area contributed by atoms with Crippen molar-refractivity contribution in [3.8, 4) is 0 Å². The molecule has 0 saturated carbocycles.